The van der Waals surface area contributed by atoms with Crippen molar-refractivity contribution in [2.75, 3.05) is 5.75 Å². The third kappa shape index (κ3) is 3.41. The molecule has 1 aliphatic rings. The minimum absolute atomic E-state index is 0.0214. The van der Waals surface area contributed by atoms with Crippen LogP contribution in [0.4, 0.5) is 0 Å². The van der Waals surface area contributed by atoms with E-state index in [2.05, 4.69) is 52.5 Å². The molecule has 158 valence electrons. The summed E-state index contributed by atoms with van der Waals surface area (Å²) in [4.78, 5) is 19.0. The predicted molar refractivity (Wildman–Crippen MR) is 124 cm³/mol. The summed E-state index contributed by atoms with van der Waals surface area (Å²) in [6.07, 6.45) is 1.73. The lowest BCUT2D eigenvalue weighted by atomic mass is 9.69. The van der Waals surface area contributed by atoms with E-state index >= 15 is 0 Å². The molecule has 0 saturated heterocycles. The van der Waals surface area contributed by atoms with E-state index in [1.807, 2.05) is 17.7 Å². The van der Waals surface area contributed by atoms with E-state index in [1.54, 1.807) is 16.2 Å². The molecule has 0 unspecified atom stereocenters. The van der Waals surface area contributed by atoms with Crippen LogP contribution in [0.25, 0.3) is 17.0 Å². The van der Waals surface area contributed by atoms with Gasteiger partial charge in [0.25, 0.3) is 5.56 Å². The summed E-state index contributed by atoms with van der Waals surface area (Å²) in [5.41, 5.74) is 4.82. The maximum atomic E-state index is 14.0. The van der Waals surface area contributed by atoms with Crippen LogP contribution in [-0.2, 0) is 18.4 Å². The molecule has 0 fully saturated rings. The summed E-state index contributed by atoms with van der Waals surface area (Å²) in [6, 6.07) is 8.35. The number of benzene rings is 1. The van der Waals surface area contributed by atoms with Crippen molar-refractivity contribution in [1.82, 2.24) is 19.2 Å². The quantitative estimate of drug-likeness (QED) is 0.409. The Morgan fingerprint density at radius 3 is 2.73 bits per heavy atom. The number of hydrogen-bond acceptors (Lipinski definition) is 4. The molecule has 0 aliphatic heterocycles. The normalized spacial score (nSPS) is 17.9. The Morgan fingerprint density at radius 2 is 2.07 bits per heavy atom. The van der Waals surface area contributed by atoms with Gasteiger partial charge in [0.15, 0.2) is 5.16 Å². The molecule has 0 bridgehead atoms. The van der Waals surface area contributed by atoms with Gasteiger partial charge in [0.2, 0.25) is 5.78 Å². The maximum absolute atomic E-state index is 14.0. The predicted octanol–water partition coefficient (Wildman–Crippen LogP) is 5.11. The van der Waals surface area contributed by atoms with Crippen LogP contribution in [0, 0.1) is 5.92 Å². The first kappa shape index (κ1) is 20.9. The number of aromatic nitrogens is 4. The van der Waals surface area contributed by atoms with Crippen LogP contribution in [0.1, 0.15) is 52.2 Å². The summed E-state index contributed by atoms with van der Waals surface area (Å²) >= 11 is 1.56. The van der Waals surface area contributed by atoms with Gasteiger partial charge in [0.05, 0.1) is 11.3 Å². The summed E-state index contributed by atoms with van der Waals surface area (Å²) in [5, 5.41) is 5.50. The number of rotatable bonds is 6. The SMILES string of the molecule is C=C(C)CSc1nn(CC(C)C)c2nc3c(c(=O)n12)[C@](C)(CC)Cc1ccccc1-3. The maximum Gasteiger partial charge on any atom is 0.265 e. The highest BCUT2D eigenvalue weighted by molar-refractivity contribution is 7.99. The monoisotopic (exact) mass is 422 g/mol. The van der Waals surface area contributed by atoms with E-state index in [9.17, 15) is 4.79 Å². The molecule has 3 aromatic rings. The fraction of sp³-hybridized carbons (Fsp3) is 0.458. The second-order valence-corrected chi connectivity index (χ2v) is 10.1. The van der Waals surface area contributed by atoms with E-state index in [0.29, 0.717) is 16.9 Å². The number of nitrogens with zero attached hydrogens (tertiary/aromatic N) is 4. The fourth-order valence-electron chi connectivity index (χ4n) is 4.25. The van der Waals surface area contributed by atoms with Gasteiger partial charge in [-0.1, -0.05) is 75.9 Å². The van der Waals surface area contributed by atoms with Crippen LogP contribution in [0.2, 0.25) is 0 Å². The molecule has 0 N–H and O–H groups in total. The van der Waals surface area contributed by atoms with Crippen molar-refractivity contribution in [2.45, 2.75) is 64.6 Å². The van der Waals surface area contributed by atoms with Crippen LogP contribution in [-0.4, -0.2) is 24.9 Å². The highest BCUT2D eigenvalue weighted by Crippen LogP contribution is 2.42. The van der Waals surface area contributed by atoms with Crippen molar-refractivity contribution >= 4 is 17.5 Å². The van der Waals surface area contributed by atoms with Gasteiger partial charge < -0.3 is 0 Å². The Bertz CT molecular complexity index is 1190. The molecule has 0 radical (unpaired) electrons. The zero-order valence-electron chi connectivity index (χ0n) is 18.5. The average Bonchev–Trinajstić information content (AvgIpc) is 3.03. The van der Waals surface area contributed by atoms with Gasteiger partial charge >= 0.3 is 0 Å². The second kappa shape index (κ2) is 7.73. The minimum Gasteiger partial charge on any atom is -0.268 e. The summed E-state index contributed by atoms with van der Waals surface area (Å²) in [6.45, 7) is 15.4. The summed E-state index contributed by atoms with van der Waals surface area (Å²) in [5.74, 6) is 1.76. The average molecular weight is 423 g/mol. The molecule has 0 saturated carbocycles. The van der Waals surface area contributed by atoms with Crippen molar-refractivity contribution in [2.24, 2.45) is 5.92 Å². The molecule has 0 amide bonds. The van der Waals surface area contributed by atoms with Crippen LogP contribution in [0.15, 0.2) is 46.4 Å². The minimum atomic E-state index is -0.245. The largest absolute Gasteiger partial charge is 0.268 e. The molecular formula is C24H30N4OS. The summed E-state index contributed by atoms with van der Waals surface area (Å²) in [7, 11) is 0. The first-order chi connectivity index (χ1) is 14.2. The van der Waals surface area contributed by atoms with E-state index in [1.165, 1.54) is 5.56 Å². The van der Waals surface area contributed by atoms with Gasteiger partial charge in [-0.3, -0.25) is 4.79 Å². The topological polar surface area (TPSA) is 52.2 Å². The van der Waals surface area contributed by atoms with E-state index in [4.69, 9.17) is 10.1 Å². The Hall–Kier alpha value is -2.34. The van der Waals surface area contributed by atoms with Gasteiger partial charge in [0, 0.05) is 23.3 Å². The van der Waals surface area contributed by atoms with Crippen molar-refractivity contribution in [3.8, 4) is 11.3 Å². The Balaban J connectivity index is 2.06. The molecule has 2 aromatic heterocycles. The smallest absolute Gasteiger partial charge is 0.265 e. The van der Waals surface area contributed by atoms with Gasteiger partial charge in [-0.15, -0.1) is 5.10 Å². The lowest BCUT2D eigenvalue weighted by Gasteiger charge is -2.35. The standard InChI is InChI=1S/C24H30N4OS/c1-7-24(6)12-17-10-8-9-11-18(17)20-19(24)21(29)28-22(25-20)27(13-15(2)3)26-23(28)30-14-16(4)5/h8-11,15H,4,7,12-14H2,1-3,5-6H3/t24-/m1/s1. The lowest BCUT2D eigenvalue weighted by Crippen LogP contribution is -2.38. The van der Waals surface area contributed by atoms with Crippen molar-refractivity contribution in [3.63, 3.8) is 0 Å². The Kier molecular flexibility index (Phi) is 5.39. The molecular weight excluding hydrogens is 392 g/mol. The molecule has 30 heavy (non-hydrogen) atoms. The molecule has 4 rings (SSSR count). The van der Waals surface area contributed by atoms with E-state index in [0.717, 1.165) is 47.5 Å². The van der Waals surface area contributed by atoms with Crippen LogP contribution >= 0.6 is 11.8 Å². The number of fused-ring (bicyclic) bond motifs is 4. The molecule has 1 aliphatic carbocycles. The number of thioether (sulfide) groups is 1. The zero-order valence-corrected chi connectivity index (χ0v) is 19.3. The third-order valence-corrected chi connectivity index (χ3v) is 7.08. The first-order valence-electron chi connectivity index (χ1n) is 10.6. The van der Waals surface area contributed by atoms with Crippen LogP contribution in [0.3, 0.4) is 0 Å². The molecule has 5 nitrogen and oxygen atoms in total. The van der Waals surface area contributed by atoms with Crippen molar-refractivity contribution < 1.29 is 0 Å². The van der Waals surface area contributed by atoms with Crippen molar-refractivity contribution in [3.05, 3.63) is 57.9 Å². The molecule has 0 spiro atoms. The van der Waals surface area contributed by atoms with Crippen molar-refractivity contribution in [1.29, 1.82) is 0 Å². The Morgan fingerprint density at radius 1 is 1.33 bits per heavy atom. The number of hydrogen-bond donors (Lipinski definition) is 0. The fourth-order valence-corrected chi connectivity index (χ4v) is 5.08. The van der Waals surface area contributed by atoms with Gasteiger partial charge in [-0.25, -0.2) is 14.1 Å². The van der Waals surface area contributed by atoms with Gasteiger partial charge in [-0.2, -0.15) is 0 Å². The second-order valence-electron chi connectivity index (χ2n) is 9.13. The molecule has 2 heterocycles. The molecule has 1 atom stereocenters. The highest BCUT2D eigenvalue weighted by atomic mass is 32.2. The van der Waals surface area contributed by atoms with E-state index in [-0.39, 0.29) is 11.0 Å². The highest BCUT2D eigenvalue weighted by Gasteiger charge is 2.38. The van der Waals surface area contributed by atoms with Gasteiger partial charge in [0.1, 0.15) is 0 Å². The zero-order chi connectivity index (χ0) is 21.6. The Labute approximate surface area is 182 Å². The first-order valence-corrected chi connectivity index (χ1v) is 11.6. The van der Waals surface area contributed by atoms with Gasteiger partial charge in [-0.05, 0) is 31.2 Å². The third-order valence-electron chi connectivity index (χ3n) is 5.92. The molecule has 1 aromatic carbocycles. The van der Waals surface area contributed by atoms with E-state index < -0.39 is 0 Å². The lowest BCUT2D eigenvalue weighted by molar-refractivity contribution is 0.439. The summed E-state index contributed by atoms with van der Waals surface area (Å²) < 4.78 is 3.63. The van der Waals surface area contributed by atoms with Crippen LogP contribution in [0.5, 0.6) is 0 Å². The molecule has 6 heteroatoms. The van der Waals surface area contributed by atoms with Crippen LogP contribution < -0.4 is 5.56 Å².